The summed E-state index contributed by atoms with van der Waals surface area (Å²) < 4.78 is 0. The van der Waals surface area contributed by atoms with E-state index in [9.17, 15) is 0 Å². The normalized spacial score (nSPS) is 19.1. The van der Waals surface area contributed by atoms with Crippen molar-refractivity contribution in [3.63, 3.8) is 0 Å². The molecule has 0 saturated carbocycles. The summed E-state index contributed by atoms with van der Waals surface area (Å²) in [6.45, 7) is 0. The first-order chi connectivity index (χ1) is 7.61. The second kappa shape index (κ2) is 11.8. The van der Waals surface area contributed by atoms with Crippen molar-refractivity contribution in [2.24, 2.45) is 0 Å². The van der Waals surface area contributed by atoms with Gasteiger partial charge in [0, 0.05) is 21.1 Å². The first-order valence-corrected chi connectivity index (χ1v) is 7.36. The van der Waals surface area contributed by atoms with Crippen molar-refractivity contribution < 1.29 is 26.5 Å². The molecule has 6 heteroatoms. The monoisotopic (exact) mass is 490 g/mol. The van der Waals surface area contributed by atoms with Gasteiger partial charge in [-0.05, 0) is 0 Å². The molecule has 0 heterocycles. The third-order valence-corrected chi connectivity index (χ3v) is 4.80. The van der Waals surface area contributed by atoms with Crippen molar-refractivity contribution in [1.82, 2.24) is 0 Å². The zero-order valence-electron chi connectivity index (χ0n) is 10.2. The predicted octanol–water partition coefficient (Wildman–Crippen LogP) is 2.90. The van der Waals surface area contributed by atoms with Crippen molar-refractivity contribution >= 4 is 50.5 Å². The van der Waals surface area contributed by atoms with Gasteiger partial charge in [0.2, 0.25) is 0 Å². The van der Waals surface area contributed by atoms with E-state index in [1.807, 2.05) is 0 Å². The van der Waals surface area contributed by atoms with Crippen LogP contribution in [-0.4, -0.2) is 5.48 Å². The minimum absolute atomic E-state index is 0. The van der Waals surface area contributed by atoms with Crippen LogP contribution in [-0.2, 0) is 71.6 Å². The van der Waals surface area contributed by atoms with Crippen LogP contribution in [0.2, 0.25) is 0 Å². The third-order valence-electron chi connectivity index (χ3n) is 2.74. The van der Waals surface area contributed by atoms with Crippen molar-refractivity contribution in [2.45, 2.75) is 51.4 Å². The fourth-order valence-corrected chi connectivity index (χ4v) is 2.69. The van der Waals surface area contributed by atoms with E-state index in [-0.39, 0.29) is 26.5 Å². The molecule has 2 N–H and O–H groups in total. The smallest absolute Gasteiger partial charge is 0 e. The molecule has 106 valence electrons. The fraction of sp³-hybridized carbons (Fsp3) is 0.667. The van der Waals surface area contributed by atoms with Crippen LogP contribution >= 0.6 is 0 Å². The Morgan fingerprint density at radius 2 is 0.667 bits per heavy atom. The molecule has 2 aliphatic rings. The van der Waals surface area contributed by atoms with Gasteiger partial charge in [0.05, 0.1) is 0 Å². The summed E-state index contributed by atoms with van der Waals surface area (Å²) in [6, 6.07) is 0. The Morgan fingerprint density at radius 1 is 0.500 bits per heavy atom. The Balaban J connectivity index is 0. The van der Waals surface area contributed by atoms with Gasteiger partial charge in [-0.2, -0.15) is 0 Å². The first kappa shape index (κ1) is 21.3. The zero-order valence-corrected chi connectivity index (χ0v) is 16.4. The van der Waals surface area contributed by atoms with E-state index in [4.69, 9.17) is 50.5 Å². The minimum Gasteiger partial charge on any atom is -0.786 e. The molecule has 2 rings (SSSR count). The number of allylic oxidation sites excluding steroid dienone is 4. The Morgan fingerprint density at radius 3 is 0.778 bits per heavy atom. The molecule has 0 amide bonds. The topological polar surface area (TPSA) is 31.5 Å². The molecule has 0 unspecified atom stereocenters. The maximum atomic E-state index is 4.99. The Labute approximate surface area is 147 Å². The van der Waals surface area contributed by atoms with Gasteiger partial charge in [0.25, 0.3) is 0 Å². The Kier molecular flexibility index (Phi) is 14.0. The molecule has 0 bridgehead atoms. The second-order valence-corrected chi connectivity index (χ2v) is 6.08. The quantitative estimate of drug-likeness (QED) is 0.489. The zero-order chi connectivity index (χ0) is 12.0. The van der Waals surface area contributed by atoms with Crippen LogP contribution in [0.4, 0.5) is 0 Å². The molecule has 1 nitrogen and oxygen atoms in total. The molecule has 2 aliphatic carbocycles. The Bertz CT molecular complexity index is 244. The van der Waals surface area contributed by atoms with Gasteiger partial charge in [0.15, 0.2) is 0 Å². The summed E-state index contributed by atoms with van der Waals surface area (Å²) >= 11 is 19.9. The molecule has 18 heavy (non-hydrogen) atoms. The summed E-state index contributed by atoms with van der Waals surface area (Å²) in [5.41, 5.74) is 0. The van der Waals surface area contributed by atoms with E-state index in [0.29, 0.717) is 0 Å². The molecule has 0 spiro atoms. The maximum Gasteiger partial charge on any atom is 0 e. The van der Waals surface area contributed by atoms with Crippen molar-refractivity contribution in [2.75, 3.05) is 0 Å². The van der Waals surface area contributed by atoms with Gasteiger partial charge in [0.1, 0.15) is 0 Å². The number of hydrogen-bond donors (Lipinski definition) is 0. The van der Waals surface area contributed by atoms with Gasteiger partial charge >= 0.3 is 0 Å². The van der Waals surface area contributed by atoms with Crippen LogP contribution in [0, 0.1) is 0 Å². The summed E-state index contributed by atoms with van der Waals surface area (Å²) in [5, 5.41) is 0. The van der Waals surface area contributed by atoms with Gasteiger partial charge in [-0.25, -0.2) is 19.6 Å². The molecule has 0 radical (unpaired) electrons. The van der Waals surface area contributed by atoms with Crippen molar-refractivity contribution in [3.8, 4) is 0 Å². The van der Waals surface area contributed by atoms with Crippen molar-refractivity contribution in [3.05, 3.63) is 19.6 Å². The maximum absolute atomic E-state index is 4.99. The molecular weight excluding hydrogens is 472 g/mol. The third kappa shape index (κ3) is 8.23. The van der Waals surface area contributed by atoms with Crippen LogP contribution in [0.15, 0.2) is 19.6 Å². The van der Waals surface area contributed by atoms with E-state index in [0.717, 1.165) is 45.3 Å². The summed E-state index contributed by atoms with van der Waals surface area (Å²) in [4.78, 5) is 4.13. The SMILES string of the molecule is O.[S-]C1=C([S-])CCCC1.[S-]C1=C([S-])CCCC1.[W]. The van der Waals surface area contributed by atoms with E-state index in [1.165, 1.54) is 25.7 Å². The molecule has 0 saturated heterocycles. The fourth-order valence-electron chi connectivity index (χ4n) is 1.70. The standard InChI is InChI=1S/2C6H10S2.H2O.W/c2*7-5-3-1-2-4-6(5)8;;/h2*7-8H,1-4H2;1H2;/p-4. The van der Waals surface area contributed by atoms with E-state index in [1.54, 1.807) is 0 Å². The first-order valence-electron chi connectivity index (χ1n) is 5.73. The van der Waals surface area contributed by atoms with Crippen LogP contribution < -0.4 is 0 Å². The minimum atomic E-state index is 0. The predicted molar refractivity (Wildman–Crippen MR) is 84.1 cm³/mol. The van der Waals surface area contributed by atoms with Crippen molar-refractivity contribution in [1.29, 1.82) is 0 Å². The van der Waals surface area contributed by atoms with Crippen LogP contribution in [0.5, 0.6) is 0 Å². The molecule has 0 atom stereocenters. The van der Waals surface area contributed by atoms with Crippen LogP contribution in [0.25, 0.3) is 0 Å². The Hall–Kier alpha value is 1.01. The van der Waals surface area contributed by atoms with Gasteiger partial charge in [-0.3, -0.25) is 0 Å². The van der Waals surface area contributed by atoms with Gasteiger partial charge in [-0.15, -0.1) is 0 Å². The molecule has 0 fully saturated rings. The summed E-state index contributed by atoms with van der Waals surface area (Å²) in [5.74, 6) is 0. The summed E-state index contributed by atoms with van der Waals surface area (Å²) in [7, 11) is 0. The molecule has 0 aliphatic heterocycles. The number of rotatable bonds is 0. The largest absolute Gasteiger partial charge is 0.786 e. The van der Waals surface area contributed by atoms with Gasteiger partial charge < -0.3 is 56.0 Å². The van der Waals surface area contributed by atoms with E-state index < -0.39 is 0 Å². The van der Waals surface area contributed by atoms with E-state index >= 15 is 0 Å². The second-order valence-electron chi connectivity index (χ2n) is 4.11. The average Bonchev–Trinajstić information content (AvgIpc) is 2.28. The molecule has 0 aromatic rings. The molecular formula is C12H18OS4W-4. The van der Waals surface area contributed by atoms with E-state index in [2.05, 4.69) is 0 Å². The van der Waals surface area contributed by atoms with Crippen LogP contribution in [0.3, 0.4) is 0 Å². The van der Waals surface area contributed by atoms with Crippen LogP contribution in [0.1, 0.15) is 51.4 Å². The molecule has 0 aromatic heterocycles. The summed E-state index contributed by atoms with van der Waals surface area (Å²) in [6.07, 6.45) is 9.25. The van der Waals surface area contributed by atoms with Gasteiger partial charge in [-0.1, -0.05) is 51.4 Å². The molecule has 0 aromatic carbocycles. The number of hydrogen-bond acceptors (Lipinski definition) is 4. The average molecular weight is 490 g/mol.